The summed E-state index contributed by atoms with van der Waals surface area (Å²) in [5, 5.41) is 0.644. The molecule has 1 aliphatic rings. The highest BCUT2D eigenvalue weighted by Crippen LogP contribution is 2.43. The van der Waals surface area contributed by atoms with E-state index in [1.165, 1.54) is 0 Å². The van der Waals surface area contributed by atoms with Crippen molar-refractivity contribution in [2.75, 3.05) is 20.8 Å². The monoisotopic (exact) mass is 449 g/mol. The molecule has 0 fully saturated rings. The van der Waals surface area contributed by atoms with Crippen LogP contribution in [0.2, 0.25) is 5.02 Å². The van der Waals surface area contributed by atoms with Crippen LogP contribution in [0, 0.1) is 0 Å². The van der Waals surface area contributed by atoms with Gasteiger partial charge in [-0.25, -0.2) is 0 Å². The first-order valence-electron chi connectivity index (χ1n) is 10.9. The summed E-state index contributed by atoms with van der Waals surface area (Å²) >= 11 is 6.66. The lowest BCUT2D eigenvalue weighted by Gasteiger charge is -2.40. The Bertz CT molecular complexity index is 1100. The fourth-order valence-corrected chi connectivity index (χ4v) is 4.89. The molecule has 32 heavy (non-hydrogen) atoms. The maximum atomic E-state index is 13.9. The van der Waals surface area contributed by atoms with E-state index in [2.05, 4.69) is 6.92 Å². The van der Waals surface area contributed by atoms with E-state index >= 15 is 0 Å². The van der Waals surface area contributed by atoms with Crippen molar-refractivity contribution >= 4 is 17.5 Å². The van der Waals surface area contributed by atoms with Crippen molar-refractivity contribution in [2.24, 2.45) is 0 Å². The molecule has 0 spiro atoms. The molecule has 0 radical (unpaired) electrons. The average Bonchev–Trinajstić information content (AvgIpc) is 2.84. The topological polar surface area (TPSA) is 38.8 Å². The van der Waals surface area contributed by atoms with Gasteiger partial charge in [0.1, 0.15) is 0 Å². The van der Waals surface area contributed by atoms with Gasteiger partial charge in [-0.3, -0.25) is 4.79 Å². The summed E-state index contributed by atoms with van der Waals surface area (Å²) in [5.74, 6) is 1.25. The largest absolute Gasteiger partial charge is 0.493 e. The van der Waals surface area contributed by atoms with E-state index in [1.807, 2.05) is 71.6 Å². The molecule has 0 aromatic heterocycles. The number of rotatable bonds is 6. The number of fused-ring (bicyclic) bond motifs is 1. The lowest BCUT2D eigenvalue weighted by Crippen LogP contribution is -2.43. The molecule has 0 N–H and O–H groups in total. The quantitative estimate of drug-likeness (QED) is 0.461. The first-order valence-corrected chi connectivity index (χ1v) is 11.3. The third-order valence-corrected chi connectivity index (χ3v) is 6.61. The lowest BCUT2D eigenvalue weighted by molar-refractivity contribution is -0.135. The summed E-state index contributed by atoms with van der Waals surface area (Å²) in [6.07, 6.45) is 1.47. The van der Waals surface area contributed by atoms with Gasteiger partial charge in [-0.15, -0.1) is 0 Å². The van der Waals surface area contributed by atoms with E-state index in [-0.39, 0.29) is 17.9 Å². The summed E-state index contributed by atoms with van der Waals surface area (Å²) < 4.78 is 11.1. The van der Waals surface area contributed by atoms with Crippen LogP contribution in [0.15, 0.2) is 66.7 Å². The zero-order chi connectivity index (χ0) is 22.7. The zero-order valence-corrected chi connectivity index (χ0v) is 19.4. The number of amides is 1. The summed E-state index contributed by atoms with van der Waals surface area (Å²) in [7, 11) is 3.27. The van der Waals surface area contributed by atoms with E-state index in [1.54, 1.807) is 14.2 Å². The van der Waals surface area contributed by atoms with Crippen LogP contribution < -0.4 is 9.47 Å². The number of hydrogen-bond acceptors (Lipinski definition) is 3. The van der Waals surface area contributed by atoms with Crippen molar-refractivity contribution in [1.82, 2.24) is 4.90 Å². The first-order chi connectivity index (χ1) is 15.6. The Morgan fingerprint density at radius 2 is 1.66 bits per heavy atom. The summed E-state index contributed by atoms with van der Waals surface area (Å²) in [5.41, 5.74) is 4.12. The predicted molar refractivity (Wildman–Crippen MR) is 128 cm³/mol. The number of carbonyl (C=O) groups excluding carboxylic acids is 1. The molecule has 2 atom stereocenters. The Balaban J connectivity index is 1.84. The maximum absolute atomic E-state index is 13.9. The van der Waals surface area contributed by atoms with Crippen molar-refractivity contribution in [3.8, 4) is 11.5 Å². The molecule has 4 rings (SSSR count). The van der Waals surface area contributed by atoms with E-state index < -0.39 is 0 Å². The second-order valence-electron chi connectivity index (χ2n) is 7.98. The smallest absolute Gasteiger partial charge is 0.230 e. The van der Waals surface area contributed by atoms with Crippen LogP contribution in [0.5, 0.6) is 11.5 Å². The molecule has 5 heteroatoms. The zero-order valence-electron chi connectivity index (χ0n) is 18.7. The molecule has 0 saturated carbocycles. The van der Waals surface area contributed by atoms with Crippen LogP contribution in [-0.2, 0) is 11.2 Å². The van der Waals surface area contributed by atoms with Crippen LogP contribution in [0.3, 0.4) is 0 Å². The molecule has 2 unspecified atom stereocenters. The molecule has 3 aromatic carbocycles. The molecule has 1 amide bonds. The van der Waals surface area contributed by atoms with Gasteiger partial charge < -0.3 is 14.4 Å². The second-order valence-corrected chi connectivity index (χ2v) is 8.39. The Morgan fingerprint density at radius 3 is 2.31 bits per heavy atom. The van der Waals surface area contributed by atoms with Gasteiger partial charge in [0.25, 0.3) is 0 Å². The Morgan fingerprint density at radius 1 is 1.00 bits per heavy atom. The Labute approximate surface area is 194 Å². The van der Waals surface area contributed by atoms with E-state index in [9.17, 15) is 4.79 Å². The van der Waals surface area contributed by atoms with Crippen LogP contribution in [0.1, 0.15) is 47.6 Å². The molecule has 1 aliphatic heterocycles. The number of methoxy groups -OCH3 is 2. The minimum Gasteiger partial charge on any atom is -0.493 e. The van der Waals surface area contributed by atoms with Gasteiger partial charge in [-0.05, 0) is 53.3 Å². The predicted octanol–water partition coefficient (Wildman–Crippen LogP) is 6.03. The standard InChI is InChI=1S/C27H28ClNO3/c1-4-20(18-10-6-5-7-11-18)27(30)29-15-14-19-16-24(31-2)25(32-3)17-22(19)26(29)21-12-8-9-13-23(21)28/h5-13,16-17,20,26H,4,14-15H2,1-3H3. The number of nitrogens with zero attached hydrogens (tertiary/aromatic N) is 1. The number of benzene rings is 3. The minimum absolute atomic E-state index is 0.115. The highest BCUT2D eigenvalue weighted by Gasteiger charge is 2.37. The van der Waals surface area contributed by atoms with Gasteiger partial charge in [0.05, 0.1) is 26.2 Å². The molecule has 0 bridgehead atoms. The van der Waals surface area contributed by atoms with E-state index in [0.717, 1.165) is 35.1 Å². The van der Waals surface area contributed by atoms with Crippen molar-refractivity contribution < 1.29 is 14.3 Å². The molecular weight excluding hydrogens is 422 g/mol. The van der Waals surface area contributed by atoms with Crippen molar-refractivity contribution in [3.05, 3.63) is 94.0 Å². The minimum atomic E-state index is -0.294. The molecule has 0 aliphatic carbocycles. The van der Waals surface area contributed by atoms with Gasteiger partial charge in [-0.2, -0.15) is 0 Å². The average molecular weight is 450 g/mol. The van der Waals surface area contributed by atoms with Gasteiger partial charge >= 0.3 is 0 Å². The van der Waals surface area contributed by atoms with Crippen molar-refractivity contribution in [1.29, 1.82) is 0 Å². The fraction of sp³-hybridized carbons (Fsp3) is 0.296. The Hall–Kier alpha value is -2.98. The van der Waals surface area contributed by atoms with Gasteiger partial charge in [0.15, 0.2) is 11.5 Å². The summed E-state index contributed by atoms with van der Waals surface area (Å²) in [6.45, 7) is 2.67. The second kappa shape index (κ2) is 9.66. The third kappa shape index (κ3) is 4.07. The normalized spacial score (nSPS) is 16.2. The molecule has 1 heterocycles. The molecular formula is C27H28ClNO3. The highest BCUT2D eigenvalue weighted by molar-refractivity contribution is 6.31. The third-order valence-electron chi connectivity index (χ3n) is 6.26. The summed E-state index contributed by atoms with van der Waals surface area (Å²) in [6, 6.07) is 21.5. The van der Waals surface area contributed by atoms with Gasteiger partial charge in [-0.1, -0.05) is 67.1 Å². The number of halogens is 1. The van der Waals surface area contributed by atoms with E-state index in [0.29, 0.717) is 23.1 Å². The van der Waals surface area contributed by atoms with Gasteiger partial charge in [0.2, 0.25) is 5.91 Å². The number of hydrogen-bond donors (Lipinski definition) is 0. The van der Waals surface area contributed by atoms with E-state index in [4.69, 9.17) is 21.1 Å². The number of carbonyl (C=O) groups is 1. The van der Waals surface area contributed by atoms with Crippen LogP contribution >= 0.6 is 11.6 Å². The lowest BCUT2D eigenvalue weighted by atomic mass is 9.85. The van der Waals surface area contributed by atoms with Crippen molar-refractivity contribution in [2.45, 2.75) is 31.7 Å². The first kappa shape index (κ1) is 22.2. The van der Waals surface area contributed by atoms with Gasteiger partial charge in [0, 0.05) is 11.6 Å². The molecule has 0 saturated heterocycles. The van der Waals surface area contributed by atoms with Crippen LogP contribution in [0.25, 0.3) is 0 Å². The fourth-order valence-electron chi connectivity index (χ4n) is 4.65. The van der Waals surface area contributed by atoms with Crippen LogP contribution in [0.4, 0.5) is 0 Å². The van der Waals surface area contributed by atoms with Crippen LogP contribution in [-0.4, -0.2) is 31.6 Å². The van der Waals surface area contributed by atoms with Crippen molar-refractivity contribution in [3.63, 3.8) is 0 Å². The molecule has 166 valence electrons. The number of ether oxygens (including phenoxy) is 2. The molecule has 4 nitrogen and oxygen atoms in total. The maximum Gasteiger partial charge on any atom is 0.230 e. The summed E-state index contributed by atoms with van der Waals surface area (Å²) in [4.78, 5) is 15.9. The highest BCUT2D eigenvalue weighted by atomic mass is 35.5. The Kier molecular flexibility index (Phi) is 6.71. The SMILES string of the molecule is CCC(C(=O)N1CCc2cc(OC)c(OC)cc2C1c1ccccc1Cl)c1ccccc1. The molecule has 3 aromatic rings.